The Kier molecular flexibility index (Phi) is 4.08. The monoisotopic (exact) mass is 297 g/mol. The summed E-state index contributed by atoms with van der Waals surface area (Å²) in [5.74, 6) is -1.44. The molecule has 20 heavy (non-hydrogen) atoms. The van der Waals surface area contributed by atoms with Gasteiger partial charge in [0.2, 0.25) is 0 Å². The van der Waals surface area contributed by atoms with Crippen molar-refractivity contribution in [2.45, 2.75) is 39.0 Å². The first-order chi connectivity index (χ1) is 9.30. The average Bonchev–Trinajstić information content (AvgIpc) is 2.87. The highest BCUT2D eigenvalue weighted by Gasteiger charge is 2.33. The van der Waals surface area contributed by atoms with Gasteiger partial charge in [0.25, 0.3) is 5.91 Å². The SMILES string of the molecule is CC(C)(C)c1nnsc1C(=O)N1CCC[C@@H](C(=O)O)C1. The Balaban J connectivity index is 2.20. The fraction of sp³-hybridized carbons (Fsp3) is 0.692. The average molecular weight is 297 g/mol. The van der Waals surface area contributed by atoms with Crippen LogP contribution in [0.1, 0.15) is 49.0 Å². The quantitative estimate of drug-likeness (QED) is 0.899. The molecule has 110 valence electrons. The van der Waals surface area contributed by atoms with Crippen LogP contribution in [-0.2, 0) is 10.2 Å². The first-order valence-electron chi connectivity index (χ1n) is 6.65. The fourth-order valence-electron chi connectivity index (χ4n) is 2.33. The van der Waals surface area contributed by atoms with Gasteiger partial charge in [0.15, 0.2) is 0 Å². The third-order valence-corrected chi connectivity index (χ3v) is 4.16. The smallest absolute Gasteiger partial charge is 0.308 e. The fourth-order valence-corrected chi connectivity index (χ4v) is 3.17. The van der Waals surface area contributed by atoms with Crippen molar-refractivity contribution in [3.05, 3.63) is 10.6 Å². The molecule has 0 aromatic carbocycles. The molecule has 2 rings (SSSR count). The van der Waals surface area contributed by atoms with Crippen molar-refractivity contribution in [1.29, 1.82) is 0 Å². The number of nitrogens with zero attached hydrogens (tertiary/aromatic N) is 3. The third-order valence-electron chi connectivity index (χ3n) is 3.45. The minimum absolute atomic E-state index is 0.143. The largest absolute Gasteiger partial charge is 0.481 e. The highest BCUT2D eigenvalue weighted by molar-refractivity contribution is 7.08. The second-order valence-corrected chi connectivity index (χ2v) is 6.88. The van der Waals surface area contributed by atoms with E-state index in [-0.39, 0.29) is 17.9 Å². The van der Waals surface area contributed by atoms with Crippen LogP contribution >= 0.6 is 11.5 Å². The molecule has 1 aromatic heterocycles. The summed E-state index contributed by atoms with van der Waals surface area (Å²) >= 11 is 1.09. The molecular formula is C13H19N3O3S. The molecule has 0 spiro atoms. The molecule has 1 N–H and O–H groups in total. The number of aromatic nitrogens is 2. The van der Waals surface area contributed by atoms with Crippen molar-refractivity contribution in [3.8, 4) is 0 Å². The van der Waals surface area contributed by atoms with E-state index in [1.165, 1.54) is 0 Å². The standard InChI is InChI=1S/C13H19N3O3S/c1-13(2,3)10-9(20-15-14-10)11(17)16-6-4-5-8(7-16)12(18)19/h8H,4-7H2,1-3H3,(H,18,19)/t8-/m1/s1. The molecular weight excluding hydrogens is 278 g/mol. The number of aliphatic carboxylic acids is 1. The van der Waals surface area contributed by atoms with Crippen molar-refractivity contribution in [3.63, 3.8) is 0 Å². The van der Waals surface area contributed by atoms with Crippen LogP contribution in [0.15, 0.2) is 0 Å². The predicted octanol–water partition coefficient (Wildman–Crippen LogP) is 1.77. The molecule has 1 aromatic rings. The van der Waals surface area contributed by atoms with Gasteiger partial charge in [-0.3, -0.25) is 9.59 Å². The number of piperidine rings is 1. The van der Waals surface area contributed by atoms with Gasteiger partial charge in [0.1, 0.15) is 4.88 Å². The molecule has 0 bridgehead atoms. The number of likely N-dealkylation sites (tertiary alicyclic amines) is 1. The van der Waals surface area contributed by atoms with E-state index in [0.29, 0.717) is 23.5 Å². The van der Waals surface area contributed by atoms with E-state index < -0.39 is 11.9 Å². The lowest BCUT2D eigenvalue weighted by molar-refractivity contribution is -0.143. The zero-order valence-electron chi connectivity index (χ0n) is 11.9. The van der Waals surface area contributed by atoms with Gasteiger partial charge in [-0.1, -0.05) is 25.3 Å². The molecule has 1 atom stereocenters. The van der Waals surface area contributed by atoms with Crippen LogP contribution in [0.3, 0.4) is 0 Å². The molecule has 1 aliphatic heterocycles. The summed E-state index contributed by atoms with van der Waals surface area (Å²) in [6.45, 7) is 6.82. The van der Waals surface area contributed by atoms with Crippen molar-refractivity contribution in [1.82, 2.24) is 14.5 Å². The summed E-state index contributed by atoms with van der Waals surface area (Å²) in [5.41, 5.74) is 0.435. The van der Waals surface area contributed by atoms with Gasteiger partial charge in [-0.25, -0.2) is 0 Å². The molecule has 0 unspecified atom stereocenters. The number of carbonyl (C=O) groups is 2. The molecule has 0 radical (unpaired) electrons. The maximum absolute atomic E-state index is 12.6. The Labute approximate surface area is 122 Å². The van der Waals surface area contributed by atoms with Gasteiger partial charge in [0, 0.05) is 18.5 Å². The molecule has 7 heteroatoms. The van der Waals surface area contributed by atoms with Gasteiger partial charge in [-0.2, -0.15) is 0 Å². The van der Waals surface area contributed by atoms with Crippen molar-refractivity contribution in [2.75, 3.05) is 13.1 Å². The van der Waals surface area contributed by atoms with Crippen LogP contribution in [0.5, 0.6) is 0 Å². The van der Waals surface area contributed by atoms with Crippen molar-refractivity contribution < 1.29 is 14.7 Å². The molecule has 2 heterocycles. The third kappa shape index (κ3) is 2.98. The number of carbonyl (C=O) groups excluding carboxylic acids is 1. The van der Waals surface area contributed by atoms with Crippen molar-refractivity contribution >= 4 is 23.4 Å². The topological polar surface area (TPSA) is 83.4 Å². The maximum atomic E-state index is 12.6. The second-order valence-electron chi connectivity index (χ2n) is 6.13. The highest BCUT2D eigenvalue weighted by Crippen LogP contribution is 2.28. The molecule has 1 saturated heterocycles. The van der Waals surface area contributed by atoms with E-state index in [9.17, 15) is 9.59 Å². The van der Waals surface area contributed by atoms with E-state index in [2.05, 4.69) is 9.59 Å². The molecule has 0 aliphatic carbocycles. The summed E-state index contributed by atoms with van der Waals surface area (Å²) in [6, 6.07) is 0. The van der Waals surface area contributed by atoms with Gasteiger partial charge < -0.3 is 10.0 Å². The second kappa shape index (κ2) is 5.47. The zero-order valence-corrected chi connectivity index (χ0v) is 12.7. The maximum Gasteiger partial charge on any atom is 0.308 e. The lowest BCUT2D eigenvalue weighted by Gasteiger charge is -2.30. The minimum Gasteiger partial charge on any atom is -0.481 e. The van der Waals surface area contributed by atoms with E-state index in [1.54, 1.807) is 4.90 Å². The van der Waals surface area contributed by atoms with Gasteiger partial charge >= 0.3 is 5.97 Å². The summed E-state index contributed by atoms with van der Waals surface area (Å²) in [7, 11) is 0. The minimum atomic E-state index is -0.832. The van der Waals surface area contributed by atoms with E-state index >= 15 is 0 Å². The highest BCUT2D eigenvalue weighted by atomic mass is 32.1. The Morgan fingerprint density at radius 3 is 2.70 bits per heavy atom. The van der Waals surface area contributed by atoms with Gasteiger partial charge in [0.05, 0.1) is 11.6 Å². The Morgan fingerprint density at radius 2 is 2.10 bits per heavy atom. The number of hydrogen-bond acceptors (Lipinski definition) is 5. The Bertz CT molecular complexity index is 521. The van der Waals surface area contributed by atoms with Crippen LogP contribution < -0.4 is 0 Å². The van der Waals surface area contributed by atoms with E-state index in [1.807, 2.05) is 20.8 Å². The Hall–Kier alpha value is -1.50. The predicted molar refractivity (Wildman–Crippen MR) is 74.9 cm³/mol. The number of carboxylic acids is 1. The summed E-state index contributed by atoms with van der Waals surface area (Å²) in [6.07, 6.45) is 1.35. The number of amides is 1. The summed E-state index contributed by atoms with van der Waals surface area (Å²) in [4.78, 5) is 25.8. The van der Waals surface area contributed by atoms with Crippen LogP contribution in [0.25, 0.3) is 0 Å². The lowest BCUT2D eigenvalue weighted by Crippen LogP contribution is -2.42. The first kappa shape index (κ1) is 14.9. The molecule has 0 saturated carbocycles. The van der Waals surface area contributed by atoms with Crippen LogP contribution in [0, 0.1) is 5.92 Å². The normalized spacial score (nSPS) is 19.9. The molecule has 1 aliphatic rings. The summed E-state index contributed by atoms with van der Waals surface area (Å²) in [5, 5.41) is 13.2. The van der Waals surface area contributed by atoms with E-state index in [0.717, 1.165) is 18.0 Å². The van der Waals surface area contributed by atoms with E-state index in [4.69, 9.17) is 5.11 Å². The molecule has 1 amide bonds. The van der Waals surface area contributed by atoms with Crippen molar-refractivity contribution in [2.24, 2.45) is 5.92 Å². The Morgan fingerprint density at radius 1 is 1.40 bits per heavy atom. The molecule has 1 fully saturated rings. The zero-order chi connectivity index (χ0) is 14.9. The van der Waals surface area contributed by atoms with Crippen LogP contribution in [0.4, 0.5) is 0 Å². The van der Waals surface area contributed by atoms with Gasteiger partial charge in [-0.15, -0.1) is 5.10 Å². The number of hydrogen-bond donors (Lipinski definition) is 1. The van der Waals surface area contributed by atoms with Crippen LogP contribution in [0.2, 0.25) is 0 Å². The lowest BCUT2D eigenvalue weighted by atomic mass is 9.91. The first-order valence-corrected chi connectivity index (χ1v) is 7.43. The number of rotatable bonds is 2. The van der Waals surface area contributed by atoms with Crippen LogP contribution in [-0.4, -0.2) is 44.6 Å². The number of carboxylic acid groups (broad SMARTS) is 1. The van der Waals surface area contributed by atoms with Gasteiger partial charge in [-0.05, 0) is 24.4 Å². The summed E-state index contributed by atoms with van der Waals surface area (Å²) < 4.78 is 3.89. The molecule has 6 nitrogen and oxygen atoms in total.